The van der Waals surface area contributed by atoms with Crippen LogP contribution in [0, 0.1) is 12.8 Å². The zero-order valence-electron chi connectivity index (χ0n) is 20.9. The van der Waals surface area contributed by atoms with Crippen LogP contribution in [0.3, 0.4) is 0 Å². The number of thiazole rings is 1. The van der Waals surface area contributed by atoms with Gasteiger partial charge in [-0.3, -0.25) is 14.4 Å². The number of hydrogen-bond acceptors (Lipinski definition) is 6. The van der Waals surface area contributed by atoms with E-state index >= 15 is 0 Å². The molecule has 1 N–H and O–H groups in total. The molecule has 2 aliphatic rings. The molecule has 6 nitrogen and oxygen atoms in total. The Kier molecular flexibility index (Phi) is 6.58. The van der Waals surface area contributed by atoms with Gasteiger partial charge in [-0.1, -0.05) is 71.1 Å². The molecular formula is C29H21F3N2O4S2. The number of fused-ring (bicyclic) bond motifs is 2. The second-order valence-electron chi connectivity index (χ2n) is 9.65. The van der Waals surface area contributed by atoms with Gasteiger partial charge in [0.25, 0.3) is 0 Å². The van der Waals surface area contributed by atoms with Crippen molar-refractivity contribution in [2.45, 2.75) is 35.9 Å². The number of anilines is 1. The number of thioether (sulfide) groups is 1. The Balaban J connectivity index is 1.32. The Morgan fingerprint density at radius 1 is 0.950 bits per heavy atom. The molecule has 3 atom stereocenters. The molecule has 11 heteroatoms. The third kappa shape index (κ3) is 4.73. The lowest BCUT2D eigenvalue weighted by molar-refractivity contribution is -0.137. The van der Waals surface area contributed by atoms with Gasteiger partial charge in [0.05, 0.1) is 22.2 Å². The highest BCUT2D eigenvalue weighted by Crippen LogP contribution is 2.53. The van der Waals surface area contributed by atoms with Crippen LogP contribution in [-0.2, 0) is 22.4 Å². The number of aryl methyl sites for hydroxylation is 1. The van der Waals surface area contributed by atoms with Crippen LogP contribution in [0.15, 0.2) is 82.6 Å². The van der Waals surface area contributed by atoms with Crippen molar-refractivity contribution in [2.75, 3.05) is 4.90 Å². The highest BCUT2D eigenvalue weighted by atomic mass is 32.2. The fraction of sp³-hybridized carbons (Fsp3) is 0.207. The molecule has 0 radical (unpaired) electrons. The molecule has 2 unspecified atom stereocenters. The van der Waals surface area contributed by atoms with E-state index in [1.54, 1.807) is 24.3 Å². The molecule has 0 saturated carbocycles. The lowest BCUT2D eigenvalue weighted by Gasteiger charge is -2.29. The van der Waals surface area contributed by atoms with Gasteiger partial charge in [-0.25, -0.2) is 4.90 Å². The van der Waals surface area contributed by atoms with Crippen LogP contribution in [0.1, 0.15) is 33.0 Å². The first kappa shape index (κ1) is 26.4. The van der Waals surface area contributed by atoms with Crippen molar-refractivity contribution in [2.24, 2.45) is 5.92 Å². The molecule has 1 aromatic heterocycles. The number of halogens is 3. The van der Waals surface area contributed by atoms with Crippen molar-refractivity contribution >= 4 is 40.6 Å². The minimum atomic E-state index is -4.63. The van der Waals surface area contributed by atoms with Crippen LogP contribution in [0.2, 0.25) is 0 Å². The molecule has 4 aromatic rings. The van der Waals surface area contributed by atoms with Gasteiger partial charge < -0.3 is 9.72 Å². The fourth-order valence-corrected chi connectivity index (χ4v) is 7.59. The van der Waals surface area contributed by atoms with Gasteiger partial charge in [0.2, 0.25) is 11.8 Å². The van der Waals surface area contributed by atoms with E-state index in [1.807, 2.05) is 31.2 Å². The molecule has 3 heterocycles. The summed E-state index contributed by atoms with van der Waals surface area (Å²) in [4.78, 5) is 43.4. The Morgan fingerprint density at radius 3 is 2.38 bits per heavy atom. The zero-order valence-corrected chi connectivity index (χ0v) is 22.5. The van der Waals surface area contributed by atoms with Gasteiger partial charge >= 0.3 is 11.0 Å². The predicted octanol–water partition coefficient (Wildman–Crippen LogP) is 6.14. The Hall–Kier alpha value is -3.83. The van der Waals surface area contributed by atoms with Gasteiger partial charge in [-0.2, -0.15) is 13.2 Å². The molecule has 6 rings (SSSR count). The maximum Gasteiger partial charge on any atom is 0.416 e. The third-order valence-corrected chi connectivity index (χ3v) is 9.42. The van der Waals surface area contributed by atoms with Crippen molar-refractivity contribution in [3.8, 4) is 5.75 Å². The molecule has 204 valence electrons. The second kappa shape index (κ2) is 9.97. The number of amides is 2. The lowest BCUT2D eigenvalue weighted by atomic mass is 9.83. The van der Waals surface area contributed by atoms with E-state index in [-0.39, 0.29) is 10.6 Å². The molecule has 2 amide bonds. The number of nitrogens with one attached hydrogen (secondary N) is 1. The van der Waals surface area contributed by atoms with Crippen molar-refractivity contribution in [1.29, 1.82) is 0 Å². The van der Waals surface area contributed by atoms with E-state index in [0.717, 1.165) is 51.3 Å². The fourth-order valence-electron chi connectivity index (χ4n) is 5.07. The van der Waals surface area contributed by atoms with Crippen LogP contribution in [0.25, 0.3) is 0 Å². The zero-order chi connectivity index (χ0) is 28.2. The average Bonchev–Trinajstić information content (AvgIpc) is 3.42. The highest BCUT2D eigenvalue weighted by molar-refractivity contribution is 8.00. The average molecular weight is 583 g/mol. The number of alkyl halides is 3. The maximum absolute atomic E-state index is 13.8. The summed E-state index contributed by atoms with van der Waals surface area (Å²) in [5.41, 5.74) is 1.77. The first-order valence-electron chi connectivity index (χ1n) is 12.3. The summed E-state index contributed by atoms with van der Waals surface area (Å²) in [6.45, 7) is 2.37. The van der Waals surface area contributed by atoms with Crippen LogP contribution < -0.4 is 14.5 Å². The number of nitrogens with zero attached hydrogens (tertiary/aromatic N) is 1. The van der Waals surface area contributed by atoms with Crippen molar-refractivity contribution in [3.63, 3.8) is 0 Å². The summed E-state index contributed by atoms with van der Waals surface area (Å²) >= 11 is 2.04. The number of rotatable bonds is 5. The molecule has 3 aromatic carbocycles. The largest absolute Gasteiger partial charge is 0.489 e. The highest BCUT2D eigenvalue weighted by Gasteiger charge is 2.56. The molecular weight excluding hydrogens is 561 g/mol. The number of carbonyl (C=O) groups is 2. The number of imide groups is 1. The summed E-state index contributed by atoms with van der Waals surface area (Å²) in [7, 11) is 0. The lowest BCUT2D eigenvalue weighted by Crippen LogP contribution is -2.32. The van der Waals surface area contributed by atoms with Crippen LogP contribution in [0.4, 0.5) is 18.9 Å². The standard InChI is InChI=1S/C29H21F3N2O4S2/c1-15-5-7-16(8-6-15)14-38-20-11-9-17(10-12-20)21-22-24(39-25-23(21)40-28(37)33-25)27(36)34(26(22)35)19-4-2-3-18(13-19)29(30,31)32/h2-13,21-22,24H,14H2,1H3,(H,33,37)/t21-,22?,24?/m1/s1. The number of ether oxygens (including phenoxy) is 1. The van der Waals surface area contributed by atoms with Crippen LogP contribution in [-0.4, -0.2) is 22.0 Å². The molecule has 0 aliphatic carbocycles. The van der Waals surface area contributed by atoms with Gasteiger partial charge in [-0.05, 0) is 48.4 Å². The van der Waals surface area contributed by atoms with E-state index in [0.29, 0.717) is 27.8 Å². The summed E-state index contributed by atoms with van der Waals surface area (Å²) < 4.78 is 46.0. The summed E-state index contributed by atoms with van der Waals surface area (Å²) in [5, 5.41) is -0.407. The third-order valence-electron chi connectivity index (χ3n) is 7.02. The quantitative estimate of drug-likeness (QED) is 0.286. The van der Waals surface area contributed by atoms with E-state index in [4.69, 9.17) is 4.74 Å². The summed E-state index contributed by atoms with van der Waals surface area (Å²) in [6.07, 6.45) is -4.63. The second-order valence-corrected chi connectivity index (χ2v) is 11.8. The smallest absolute Gasteiger partial charge is 0.416 e. The van der Waals surface area contributed by atoms with Gasteiger partial charge in [0, 0.05) is 10.8 Å². The molecule has 1 saturated heterocycles. The van der Waals surface area contributed by atoms with Crippen molar-refractivity contribution < 1.29 is 27.5 Å². The monoisotopic (exact) mass is 582 g/mol. The first-order valence-corrected chi connectivity index (χ1v) is 14.0. The Labute approximate surface area is 234 Å². The topological polar surface area (TPSA) is 79.5 Å². The van der Waals surface area contributed by atoms with E-state index in [1.165, 1.54) is 12.1 Å². The maximum atomic E-state index is 13.8. The first-order chi connectivity index (χ1) is 19.1. The number of benzene rings is 3. The van der Waals surface area contributed by atoms with Gasteiger partial charge in [0.1, 0.15) is 17.6 Å². The van der Waals surface area contributed by atoms with E-state index in [2.05, 4.69) is 4.98 Å². The number of carbonyl (C=O) groups excluding carboxylic acids is 2. The number of hydrogen-bond donors (Lipinski definition) is 1. The molecule has 0 spiro atoms. The van der Waals surface area contributed by atoms with E-state index < -0.39 is 40.6 Å². The minimum absolute atomic E-state index is 0.129. The Morgan fingerprint density at radius 2 is 1.68 bits per heavy atom. The van der Waals surface area contributed by atoms with Crippen molar-refractivity contribution in [3.05, 3.63) is 110 Å². The number of aromatic amines is 1. The molecule has 1 fully saturated rings. The van der Waals surface area contributed by atoms with Crippen LogP contribution >= 0.6 is 23.1 Å². The molecule has 2 aliphatic heterocycles. The molecule has 0 bridgehead atoms. The summed E-state index contributed by atoms with van der Waals surface area (Å²) in [5.74, 6) is -2.14. The SMILES string of the molecule is Cc1ccc(COc2ccc([C@H]3c4sc(=O)[nH]c4SC4C(=O)N(c5cccc(C(F)(F)F)c5)C(=O)C43)cc2)cc1. The predicted molar refractivity (Wildman–Crippen MR) is 146 cm³/mol. The van der Waals surface area contributed by atoms with Crippen LogP contribution in [0.5, 0.6) is 5.75 Å². The normalized spacial score (nSPS) is 20.4. The van der Waals surface area contributed by atoms with Gasteiger partial charge in [-0.15, -0.1) is 0 Å². The molecule has 40 heavy (non-hydrogen) atoms. The number of H-pyrrole nitrogens is 1. The number of aromatic nitrogens is 1. The van der Waals surface area contributed by atoms with E-state index in [9.17, 15) is 27.6 Å². The Bertz CT molecular complexity index is 1660. The summed E-state index contributed by atoms with van der Waals surface area (Å²) in [6, 6.07) is 19.3. The van der Waals surface area contributed by atoms with Crippen molar-refractivity contribution in [1.82, 2.24) is 4.98 Å². The van der Waals surface area contributed by atoms with Gasteiger partial charge in [0.15, 0.2) is 0 Å². The minimum Gasteiger partial charge on any atom is -0.489 e.